The highest BCUT2D eigenvalue weighted by Crippen LogP contribution is 2.31. The number of anilines is 1. The maximum Gasteiger partial charge on any atom is 0.182 e. The number of sulfone groups is 1. The van der Waals surface area contributed by atoms with Crippen molar-refractivity contribution in [1.29, 1.82) is 0 Å². The SMILES string of the molecule is O=S1(=O)CC(CCO)Nc2ccc(Br)cc21. The fourth-order valence-corrected chi connectivity index (χ4v) is 4.04. The molecule has 0 aliphatic carbocycles. The largest absolute Gasteiger partial charge is 0.396 e. The normalized spacial score (nSPS) is 22.2. The van der Waals surface area contributed by atoms with Gasteiger partial charge in [0.25, 0.3) is 0 Å². The first kappa shape index (κ1) is 11.9. The minimum absolute atomic E-state index is 0.0148. The third kappa shape index (κ3) is 2.23. The highest BCUT2D eigenvalue weighted by atomic mass is 79.9. The fourth-order valence-electron chi connectivity index (χ4n) is 1.80. The van der Waals surface area contributed by atoms with Crippen LogP contribution in [0.5, 0.6) is 0 Å². The summed E-state index contributed by atoms with van der Waals surface area (Å²) in [7, 11) is -3.24. The molecule has 0 bridgehead atoms. The van der Waals surface area contributed by atoms with E-state index < -0.39 is 9.84 Å². The second-order valence-corrected chi connectivity index (χ2v) is 6.69. The lowest BCUT2D eigenvalue weighted by molar-refractivity contribution is 0.282. The lowest BCUT2D eigenvalue weighted by Gasteiger charge is -2.26. The van der Waals surface area contributed by atoms with Crippen LogP contribution in [0.1, 0.15) is 6.42 Å². The Morgan fingerprint density at radius 1 is 1.50 bits per heavy atom. The first-order valence-electron chi connectivity index (χ1n) is 4.92. The van der Waals surface area contributed by atoms with Crippen molar-refractivity contribution in [2.24, 2.45) is 0 Å². The monoisotopic (exact) mass is 305 g/mol. The molecule has 1 aromatic carbocycles. The van der Waals surface area contributed by atoms with Crippen molar-refractivity contribution < 1.29 is 13.5 Å². The number of fused-ring (bicyclic) bond motifs is 1. The molecule has 0 spiro atoms. The molecule has 2 rings (SSSR count). The van der Waals surface area contributed by atoms with Gasteiger partial charge in [0.2, 0.25) is 0 Å². The summed E-state index contributed by atoms with van der Waals surface area (Å²) >= 11 is 3.26. The van der Waals surface area contributed by atoms with Crippen molar-refractivity contribution in [3.8, 4) is 0 Å². The molecule has 1 unspecified atom stereocenters. The molecule has 1 heterocycles. The Morgan fingerprint density at radius 2 is 2.25 bits per heavy atom. The number of nitrogens with one attached hydrogen (secondary N) is 1. The molecule has 0 saturated carbocycles. The van der Waals surface area contributed by atoms with Gasteiger partial charge in [-0.15, -0.1) is 0 Å². The predicted molar refractivity (Wildman–Crippen MR) is 65.3 cm³/mol. The number of hydrogen-bond acceptors (Lipinski definition) is 4. The number of aliphatic hydroxyl groups is 1. The molecular formula is C10H12BrNO3S. The Morgan fingerprint density at radius 3 is 2.94 bits per heavy atom. The van der Waals surface area contributed by atoms with Gasteiger partial charge in [-0.1, -0.05) is 15.9 Å². The Labute approximate surface area is 103 Å². The molecule has 88 valence electrons. The number of benzene rings is 1. The van der Waals surface area contributed by atoms with E-state index >= 15 is 0 Å². The van der Waals surface area contributed by atoms with Gasteiger partial charge in [0.05, 0.1) is 16.3 Å². The number of hydrogen-bond donors (Lipinski definition) is 2. The van der Waals surface area contributed by atoms with E-state index in [2.05, 4.69) is 21.2 Å². The van der Waals surface area contributed by atoms with Crippen LogP contribution in [0.4, 0.5) is 5.69 Å². The molecule has 0 amide bonds. The summed E-state index contributed by atoms with van der Waals surface area (Å²) < 4.78 is 24.7. The first-order valence-corrected chi connectivity index (χ1v) is 7.37. The number of aliphatic hydroxyl groups excluding tert-OH is 1. The van der Waals surface area contributed by atoms with Crippen molar-refractivity contribution >= 4 is 31.5 Å². The van der Waals surface area contributed by atoms with Crippen LogP contribution in [0.2, 0.25) is 0 Å². The standard InChI is InChI=1S/C10H12BrNO3S/c11-7-1-2-9-10(5-7)16(14,15)6-8(12-9)3-4-13/h1-2,5,8,12-13H,3-4,6H2. The van der Waals surface area contributed by atoms with E-state index in [0.717, 1.165) is 4.47 Å². The summed E-state index contributed by atoms with van der Waals surface area (Å²) in [5, 5.41) is 12.0. The third-order valence-corrected chi connectivity index (χ3v) is 4.88. The van der Waals surface area contributed by atoms with E-state index in [4.69, 9.17) is 5.11 Å². The molecule has 1 aliphatic heterocycles. The molecule has 4 nitrogen and oxygen atoms in total. The quantitative estimate of drug-likeness (QED) is 0.867. The smallest absolute Gasteiger partial charge is 0.182 e. The van der Waals surface area contributed by atoms with Gasteiger partial charge in [-0.25, -0.2) is 8.42 Å². The lowest BCUT2D eigenvalue weighted by atomic mass is 10.2. The molecule has 0 saturated heterocycles. The van der Waals surface area contributed by atoms with E-state index in [-0.39, 0.29) is 18.4 Å². The first-order chi connectivity index (χ1) is 7.53. The predicted octanol–water partition coefficient (Wildman–Crippen LogP) is 1.40. The number of rotatable bonds is 2. The highest BCUT2D eigenvalue weighted by Gasteiger charge is 2.29. The van der Waals surface area contributed by atoms with Crippen LogP contribution in [0.15, 0.2) is 27.6 Å². The van der Waals surface area contributed by atoms with Gasteiger partial charge in [-0.3, -0.25) is 0 Å². The lowest BCUT2D eigenvalue weighted by Crippen LogP contribution is -2.34. The van der Waals surface area contributed by atoms with E-state index in [1.807, 2.05) is 0 Å². The second-order valence-electron chi connectivity index (χ2n) is 3.78. The maximum atomic E-state index is 12.0. The average Bonchev–Trinajstić information content (AvgIpc) is 2.19. The average molecular weight is 306 g/mol. The molecule has 1 aromatic rings. The van der Waals surface area contributed by atoms with Crippen molar-refractivity contribution in [1.82, 2.24) is 0 Å². The summed E-state index contributed by atoms with van der Waals surface area (Å²) in [5.74, 6) is 0.0387. The Hall–Kier alpha value is -0.590. The minimum atomic E-state index is -3.24. The Balaban J connectivity index is 2.44. The van der Waals surface area contributed by atoms with E-state index in [0.29, 0.717) is 17.0 Å². The highest BCUT2D eigenvalue weighted by molar-refractivity contribution is 9.10. The molecule has 1 aliphatic rings. The number of halogens is 1. The van der Waals surface area contributed by atoms with E-state index in [9.17, 15) is 8.42 Å². The Bertz CT molecular complexity index is 501. The topological polar surface area (TPSA) is 66.4 Å². The van der Waals surface area contributed by atoms with E-state index in [1.54, 1.807) is 18.2 Å². The molecule has 1 atom stereocenters. The Kier molecular flexibility index (Phi) is 3.23. The molecule has 0 fully saturated rings. The van der Waals surface area contributed by atoms with Crippen LogP contribution < -0.4 is 5.32 Å². The van der Waals surface area contributed by atoms with E-state index in [1.165, 1.54) is 0 Å². The van der Waals surface area contributed by atoms with Gasteiger partial charge in [0, 0.05) is 17.1 Å². The van der Waals surface area contributed by atoms with Crippen molar-refractivity contribution in [3.63, 3.8) is 0 Å². The van der Waals surface area contributed by atoms with Crippen LogP contribution in [0.3, 0.4) is 0 Å². The third-order valence-electron chi connectivity index (χ3n) is 2.54. The van der Waals surface area contributed by atoms with Crippen molar-refractivity contribution in [3.05, 3.63) is 22.7 Å². The van der Waals surface area contributed by atoms with Gasteiger partial charge in [0.1, 0.15) is 0 Å². The van der Waals surface area contributed by atoms with Crippen molar-refractivity contribution in [2.75, 3.05) is 17.7 Å². The molecule has 6 heteroatoms. The van der Waals surface area contributed by atoms with Gasteiger partial charge in [-0.2, -0.15) is 0 Å². The molecular weight excluding hydrogens is 294 g/mol. The summed E-state index contributed by atoms with van der Waals surface area (Å²) in [4.78, 5) is 0.330. The maximum absolute atomic E-state index is 12.0. The van der Waals surface area contributed by atoms with Crippen LogP contribution >= 0.6 is 15.9 Å². The summed E-state index contributed by atoms with van der Waals surface area (Å²) in [6.45, 7) is -0.0148. The van der Waals surface area contributed by atoms with Gasteiger partial charge < -0.3 is 10.4 Å². The zero-order valence-electron chi connectivity index (χ0n) is 8.48. The van der Waals surface area contributed by atoms with Gasteiger partial charge in [0.15, 0.2) is 9.84 Å². The van der Waals surface area contributed by atoms with Gasteiger partial charge in [-0.05, 0) is 24.6 Å². The molecule has 16 heavy (non-hydrogen) atoms. The van der Waals surface area contributed by atoms with Gasteiger partial charge >= 0.3 is 0 Å². The summed E-state index contributed by atoms with van der Waals surface area (Å²) in [6.07, 6.45) is 0.439. The van der Waals surface area contributed by atoms with Crippen LogP contribution in [-0.4, -0.2) is 31.9 Å². The second kappa shape index (κ2) is 4.35. The zero-order chi connectivity index (χ0) is 11.8. The molecule has 0 radical (unpaired) electrons. The zero-order valence-corrected chi connectivity index (χ0v) is 10.9. The summed E-state index contributed by atoms with van der Waals surface area (Å²) in [6, 6.07) is 4.93. The van der Waals surface area contributed by atoms with Crippen LogP contribution in [0, 0.1) is 0 Å². The van der Waals surface area contributed by atoms with Crippen molar-refractivity contribution in [2.45, 2.75) is 17.4 Å². The summed E-state index contributed by atoms with van der Waals surface area (Å²) in [5.41, 5.74) is 0.618. The fraction of sp³-hybridized carbons (Fsp3) is 0.400. The minimum Gasteiger partial charge on any atom is -0.396 e. The van der Waals surface area contributed by atoms with Crippen LogP contribution in [0.25, 0.3) is 0 Å². The molecule has 0 aromatic heterocycles. The van der Waals surface area contributed by atoms with Crippen LogP contribution in [-0.2, 0) is 9.84 Å². The molecule has 2 N–H and O–H groups in total.